The zero-order valence-corrected chi connectivity index (χ0v) is 10.4. The number of aromatic nitrogens is 1. The molecule has 1 aromatic rings. The van der Waals surface area contributed by atoms with Crippen LogP contribution in [0.4, 0.5) is 10.2 Å². The van der Waals surface area contributed by atoms with Crippen LogP contribution in [0.2, 0.25) is 0 Å². The standard InChI is InChI=1S/C12H19FN4/c1-9(14)10-7-12(15-8-11(10)13)17-5-3-16(2)4-6-17/h7-9H,3-6,14H2,1-2H3/t9-/m1/s1. The van der Waals surface area contributed by atoms with E-state index in [1.54, 1.807) is 13.0 Å². The molecule has 2 N–H and O–H groups in total. The monoisotopic (exact) mass is 238 g/mol. The molecule has 1 aliphatic rings. The van der Waals surface area contributed by atoms with Gasteiger partial charge in [-0.1, -0.05) is 0 Å². The Morgan fingerprint density at radius 3 is 2.59 bits per heavy atom. The van der Waals surface area contributed by atoms with Gasteiger partial charge in [-0.05, 0) is 20.0 Å². The molecule has 0 spiro atoms. The van der Waals surface area contributed by atoms with Crippen LogP contribution in [-0.4, -0.2) is 43.1 Å². The van der Waals surface area contributed by atoms with Gasteiger partial charge in [0.25, 0.3) is 0 Å². The molecular formula is C12H19FN4. The minimum Gasteiger partial charge on any atom is -0.354 e. The Labute approximate surface area is 101 Å². The molecule has 0 radical (unpaired) electrons. The minimum absolute atomic E-state index is 0.302. The molecule has 0 aliphatic carbocycles. The largest absolute Gasteiger partial charge is 0.354 e. The van der Waals surface area contributed by atoms with Gasteiger partial charge in [0.2, 0.25) is 0 Å². The van der Waals surface area contributed by atoms with Crippen molar-refractivity contribution in [2.45, 2.75) is 13.0 Å². The van der Waals surface area contributed by atoms with Crippen molar-refractivity contribution in [1.29, 1.82) is 0 Å². The van der Waals surface area contributed by atoms with Gasteiger partial charge in [0.1, 0.15) is 11.6 Å². The van der Waals surface area contributed by atoms with E-state index in [0.29, 0.717) is 5.56 Å². The fourth-order valence-corrected chi connectivity index (χ4v) is 2.00. The summed E-state index contributed by atoms with van der Waals surface area (Å²) < 4.78 is 13.5. The lowest BCUT2D eigenvalue weighted by molar-refractivity contribution is 0.312. The molecule has 2 rings (SSSR count). The van der Waals surface area contributed by atoms with Gasteiger partial charge >= 0.3 is 0 Å². The van der Waals surface area contributed by atoms with E-state index in [4.69, 9.17) is 5.73 Å². The SMILES string of the molecule is C[C@@H](N)c1cc(N2CCN(C)CC2)ncc1F. The van der Waals surface area contributed by atoms with Crippen molar-refractivity contribution in [3.63, 3.8) is 0 Å². The molecule has 17 heavy (non-hydrogen) atoms. The second kappa shape index (κ2) is 4.98. The third kappa shape index (κ3) is 2.73. The zero-order valence-electron chi connectivity index (χ0n) is 10.4. The molecule has 1 atom stereocenters. The van der Waals surface area contributed by atoms with Gasteiger partial charge in [-0.3, -0.25) is 0 Å². The Morgan fingerprint density at radius 2 is 2.00 bits per heavy atom. The Balaban J connectivity index is 2.19. The first-order valence-electron chi connectivity index (χ1n) is 5.92. The number of rotatable bonds is 2. The molecule has 1 fully saturated rings. The van der Waals surface area contributed by atoms with Crippen LogP contribution in [0.3, 0.4) is 0 Å². The van der Waals surface area contributed by atoms with Crippen molar-refractivity contribution in [3.05, 3.63) is 23.6 Å². The summed E-state index contributed by atoms with van der Waals surface area (Å²) in [4.78, 5) is 8.59. The lowest BCUT2D eigenvalue weighted by Crippen LogP contribution is -2.44. The van der Waals surface area contributed by atoms with Crippen LogP contribution in [0.25, 0.3) is 0 Å². The highest BCUT2D eigenvalue weighted by atomic mass is 19.1. The number of anilines is 1. The number of likely N-dealkylation sites (N-methyl/N-ethyl adjacent to an activating group) is 1. The van der Waals surface area contributed by atoms with Crippen LogP contribution in [0.15, 0.2) is 12.3 Å². The molecule has 0 unspecified atom stereocenters. The molecular weight excluding hydrogens is 219 g/mol. The lowest BCUT2D eigenvalue weighted by atomic mass is 10.1. The van der Waals surface area contributed by atoms with E-state index in [1.165, 1.54) is 6.20 Å². The number of hydrogen-bond donors (Lipinski definition) is 1. The normalized spacial score (nSPS) is 19.4. The fourth-order valence-electron chi connectivity index (χ4n) is 2.00. The summed E-state index contributed by atoms with van der Waals surface area (Å²) in [5.41, 5.74) is 6.28. The molecule has 94 valence electrons. The first kappa shape index (κ1) is 12.3. The van der Waals surface area contributed by atoms with Crippen molar-refractivity contribution in [2.75, 3.05) is 38.1 Å². The second-order valence-electron chi connectivity index (χ2n) is 4.64. The summed E-state index contributed by atoms with van der Waals surface area (Å²) >= 11 is 0. The summed E-state index contributed by atoms with van der Waals surface area (Å²) in [6, 6.07) is 1.47. The fraction of sp³-hybridized carbons (Fsp3) is 0.583. The molecule has 2 heterocycles. The van der Waals surface area contributed by atoms with Crippen molar-refractivity contribution < 1.29 is 4.39 Å². The average molecular weight is 238 g/mol. The Hall–Kier alpha value is -1.20. The number of pyridine rings is 1. The second-order valence-corrected chi connectivity index (χ2v) is 4.64. The van der Waals surface area contributed by atoms with Crippen molar-refractivity contribution in [2.24, 2.45) is 5.73 Å². The predicted molar refractivity (Wildman–Crippen MR) is 66.5 cm³/mol. The van der Waals surface area contributed by atoms with E-state index in [-0.39, 0.29) is 11.9 Å². The molecule has 5 heteroatoms. The van der Waals surface area contributed by atoms with Crippen LogP contribution in [0.5, 0.6) is 0 Å². The van der Waals surface area contributed by atoms with E-state index >= 15 is 0 Å². The molecule has 1 aliphatic heterocycles. The van der Waals surface area contributed by atoms with E-state index < -0.39 is 0 Å². The van der Waals surface area contributed by atoms with Gasteiger partial charge in [-0.15, -0.1) is 0 Å². The van der Waals surface area contributed by atoms with E-state index in [2.05, 4.69) is 21.8 Å². The maximum atomic E-state index is 13.5. The van der Waals surface area contributed by atoms with Crippen LogP contribution in [0.1, 0.15) is 18.5 Å². The number of piperazine rings is 1. The lowest BCUT2D eigenvalue weighted by Gasteiger charge is -2.33. The molecule has 0 amide bonds. The van der Waals surface area contributed by atoms with Gasteiger partial charge in [0, 0.05) is 37.8 Å². The van der Waals surface area contributed by atoms with Gasteiger partial charge < -0.3 is 15.5 Å². The summed E-state index contributed by atoms with van der Waals surface area (Å²) in [7, 11) is 2.10. The van der Waals surface area contributed by atoms with Crippen LogP contribution >= 0.6 is 0 Å². The summed E-state index contributed by atoms with van der Waals surface area (Å²) in [5, 5.41) is 0. The van der Waals surface area contributed by atoms with Gasteiger partial charge in [-0.25, -0.2) is 9.37 Å². The third-order valence-corrected chi connectivity index (χ3v) is 3.19. The number of hydrogen-bond acceptors (Lipinski definition) is 4. The zero-order chi connectivity index (χ0) is 12.4. The molecule has 1 saturated heterocycles. The first-order valence-corrected chi connectivity index (χ1v) is 5.92. The Morgan fingerprint density at radius 1 is 1.35 bits per heavy atom. The quantitative estimate of drug-likeness (QED) is 0.834. The molecule has 0 bridgehead atoms. The predicted octanol–water partition coefficient (Wildman–Crippen LogP) is 0.992. The summed E-state index contributed by atoms with van der Waals surface area (Å²) in [6.45, 7) is 5.65. The summed E-state index contributed by atoms with van der Waals surface area (Å²) in [5.74, 6) is 0.504. The van der Waals surface area contributed by atoms with Gasteiger partial charge in [-0.2, -0.15) is 0 Å². The maximum Gasteiger partial charge on any atom is 0.146 e. The third-order valence-electron chi connectivity index (χ3n) is 3.19. The van der Waals surface area contributed by atoms with Crippen LogP contribution in [0, 0.1) is 5.82 Å². The maximum absolute atomic E-state index is 13.5. The Kier molecular flexibility index (Phi) is 3.59. The average Bonchev–Trinajstić information content (AvgIpc) is 2.30. The van der Waals surface area contributed by atoms with Crippen LogP contribution < -0.4 is 10.6 Å². The van der Waals surface area contributed by atoms with Gasteiger partial charge in [0.05, 0.1) is 6.20 Å². The van der Waals surface area contributed by atoms with E-state index in [1.807, 2.05) is 0 Å². The van der Waals surface area contributed by atoms with Crippen molar-refractivity contribution >= 4 is 5.82 Å². The van der Waals surface area contributed by atoms with E-state index in [0.717, 1.165) is 32.0 Å². The number of nitrogens with zero attached hydrogens (tertiary/aromatic N) is 3. The first-order chi connectivity index (χ1) is 8.08. The highest BCUT2D eigenvalue weighted by Crippen LogP contribution is 2.20. The molecule has 0 aromatic carbocycles. The van der Waals surface area contributed by atoms with Crippen LogP contribution in [-0.2, 0) is 0 Å². The van der Waals surface area contributed by atoms with E-state index in [9.17, 15) is 4.39 Å². The summed E-state index contributed by atoms with van der Waals surface area (Å²) in [6.07, 6.45) is 1.27. The van der Waals surface area contributed by atoms with Crippen molar-refractivity contribution in [3.8, 4) is 0 Å². The minimum atomic E-state index is -0.321. The highest BCUT2D eigenvalue weighted by molar-refractivity contribution is 5.42. The molecule has 4 nitrogen and oxygen atoms in total. The molecule has 1 aromatic heterocycles. The highest BCUT2D eigenvalue weighted by Gasteiger charge is 2.17. The molecule has 0 saturated carbocycles. The number of halogens is 1. The smallest absolute Gasteiger partial charge is 0.146 e. The van der Waals surface area contributed by atoms with Crippen molar-refractivity contribution in [1.82, 2.24) is 9.88 Å². The Bertz CT molecular complexity index is 386. The van der Waals surface area contributed by atoms with Gasteiger partial charge in [0.15, 0.2) is 0 Å². The topological polar surface area (TPSA) is 45.4 Å². The number of nitrogens with two attached hydrogens (primary N) is 1.